The van der Waals surface area contributed by atoms with E-state index in [1.165, 1.54) is 4.90 Å². The number of likely N-dealkylation sites (N-methyl/N-ethyl adjacent to an activating group) is 1. The Morgan fingerprint density at radius 1 is 1.13 bits per heavy atom. The van der Waals surface area contributed by atoms with Crippen molar-refractivity contribution in [1.29, 1.82) is 0 Å². The summed E-state index contributed by atoms with van der Waals surface area (Å²) >= 11 is 0. The third kappa shape index (κ3) is 5.39. The summed E-state index contributed by atoms with van der Waals surface area (Å²) in [6.07, 6.45) is 5.10. The molecule has 1 aromatic carbocycles. The number of pyridine rings is 1. The lowest BCUT2D eigenvalue weighted by Gasteiger charge is -2.20. The van der Waals surface area contributed by atoms with E-state index in [1.54, 1.807) is 39.9 Å². The van der Waals surface area contributed by atoms with Gasteiger partial charge in [-0.3, -0.25) is 9.69 Å². The molecule has 0 unspecified atom stereocenters. The number of aromatic nitrogens is 1. The van der Waals surface area contributed by atoms with Crippen LogP contribution in [0.2, 0.25) is 0 Å². The fourth-order valence-electron chi connectivity index (χ4n) is 3.09. The lowest BCUT2D eigenvalue weighted by Crippen LogP contribution is -2.28. The Bertz CT molecular complexity index is 970. The molecule has 7 heteroatoms. The molecule has 0 saturated heterocycles. The molecule has 2 heterocycles. The molecule has 0 radical (unpaired) electrons. The molecule has 7 nitrogen and oxygen atoms in total. The highest BCUT2D eigenvalue weighted by Crippen LogP contribution is 2.32. The monoisotopic (exact) mass is 409 g/mol. The first kappa shape index (κ1) is 21.4. The highest BCUT2D eigenvalue weighted by Gasteiger charge is 2.14. The van der Waals surface area contributed by atoms with Gasteiger partial charge in [0.25, 0.3) is 5.91 Å². The molecule has 0 aliphatic heterocycles. The Morgan fingerprint density at radius 3 is 2.67 bits per heavy atom. The van der Waals surface area contributed by atoms with Crippen LogP contribution in [0.15, 0.2) is 59.5 Å². The van der Waals surface area contributed by atoms with E-state index < -0.39 is 0 Å². The number of methoxy groups -OCH3 is 1. The van der Waals surface area contributed by atoms with Crippen molar-refractivity contribution in [3.05, 3.63) is 66.2 Å². The largest absolute Gasteiger partial charge is 0.483 e. The second kappa shape index (κ2) is 9.93. The molecule has 2 aromatic heterocycles. The summed E-state index contributed by atoms with van der Waals surface area (Å²) in [5, 5.41) is 0. The van der Waals surface area contributed by atoms with Crippen molar-refractivity contribution in [3.8, 4) is 22.8 Å². The number of benzene rings is 1. The van der Waals surface area contributed by atoms with Crippen LogP contribution in [0.3, 0.4) is 0 Å². The number of ether oxygens (including phenoxy) is 2. The van der Waals surface area contributed by atoms with Gasteiger partial charge in [-0.05, 0) is 42.9 Å². The lowest BCUT2D eigenvalue weighted by atomic mass is 10.0. The van der Waals surface area contributed by atoms with E-state index in [0.29, 0.717) is 18.2 Å². The Balaban J connectivity index is 1.88. The van der Waals surface area contributed by atoms with Gasteiger partial charge in [-0.15, -0.1) is 0 Å². The third-order valence-electron chi connectivity index (χ3n) is 4.66. The van der Waals surface area contributed by atoms with Crippen molar-refractivity contribution in [1.82, 2.24) is 14.8 Å². The topological polar surface area (TPSA) is 68.0 Å². The Hall–Kier alpha value is -3.32. The van der Waals surface area contributed by atoms with Crippen LogP contribution < -0.4 is 9.47 Å². The number of hydrogen-bond acceptors (Lipinski definition) is 6. The predicted molar refractivity (Wildman–Crippen MR) is 114 cm³/mol. The van der Waals surface area contributed by atoms with Crippen LogP contribution in [-0.2, 0) is 17.9 Å². The standard InChI is InChI=1S/C23H27N3O4/c1-25(2)22(27)16-30-21-8-7-18(20-6-5-10-24-23(20)28-4)12-19(21)14-26(3)13-17-9-11-29-15-17/h5-12,15H,13-14,16H2,1-4H3. The highest BCUT2D eigenvalue weighted by molar-refractivity contribution is 5.77. The van der Waals surface area contributed by atoms with Gasteiger partial charge in [0.1, 0.15) is 5.75 Å². The average molecular weight is 409 g/mol. The first-order valence-corrected chi connectivity index (χ1v) is 9.62. The quantitative estimate of drug-likeness (QED) is 0.539. The molecule has 0 N–H and O–H groups in total. The van der Waals surface area contributed by atoms with Crippen LogP contribution in [0.25, 0.3) is 11.1 Å². The number of carbonyl (C=O) groups excluding carboxylic acids is 1. The Labute approximate surface area is 176 Å². The van der Waals surface area contributed by atoms with Gasteiger partial charge in [-0.2, -0.15) is 0 Å². The van der Waals surface area contributed by atoms with E-state index in [9.17, 15) is 4.79 Å². The van der Waals surface area contributed by atoms with E-state index in [0.717, 1.165) is 28.8 Å². The van der Waals surface area contributed by atoms with Gasteiger partial charge in [-0.1, -0.05) is 6.07 Å². The molecule has 0 aliphatic carbocycles. The van der Waals surface area contributed by atoms with E-state index >= 15 is 0 Å². The number of hydrogen-bond donors (Lipinski definition) is 0. The summed E-state index contributed by atoms with van der Waals surface area (Å²) in [6, 6.07) is 11.7. The van der Waals surface area contributed by atoms with Gasteiger partial charge in [-0.25, -0.2) is 4.98 Å². The summed E-state index contributed by atoms with van der Waals surface area (Å²) in [5.41, 5.74) is 3.93. The molecular weight excluding hydrogens is 382 g/mol. The minimum Gasteiger partial charge on any atom is -0.483 e. The molecule has 30 heavy (non-hydrogen) atoms. The molecule has 3 rings (SSSR count). The smallest absolute Gasteiger partial charge is 0.259 e. The maximum atomic E-state index is 12.0. The van der Waals surface area contributed by atoms with Crippen LogP contribution in [0.5, 0.6) is 11.6 Å². The summed E-state index contributed by atoms with van der Waals surface area (Å²) in [4.78, 5) is 20.0. The highest BCUT2D eigenvalue weighted by atomic mass is 16.5. The molecule has 0 fully saturated rings. The van der Waals surface area contributed by atoms with Crippen LogP contribution >= 0.6 is 0 Å². The summed E-state index contributed by atoms with van der Waals surface area (Å²) in [7, 11) is 7.06. The zero-order valence-electron chi connectivity index (χ0n) is 17.8. The van der Waals surface area contributed by atoms with Gasteiger partial charge in [0.15, 0.2) is 6.61 Å². The van der Waals surface area contributed by atoms with Crippen molar-refractivity contribution >= 4 is 5.91 Å². The zero-order valence-corrected chi connectivity index (χ0v) is 17.8. The van der Waals surface area contributed by atoms with E-state index in [4.69, 9.17) is 13.9 Å². The van der Waals surface area contributed by atoms with Crippen molar-refractivity contribution in [2.24, 2.45) is 0 Å². The molecule has 0 spiro atoms. The number of rotatable bonds is 9. The predicted octanol–water partition coefficient (Wildman–Crippen LogP) is 3.45. The van der Waals surface area contributed by atoms with Gasteiger partial charge in [0.05, 0.1) is 19.6 Å². The maximum Gasteiger partial charge on any atom is 0.259 e. The molecular formula is C23H27N3O4. The van der Waals surface area contributed by atoms with Crippen molar-refractivity contribution in [3.63, 3.8) is 0 Å². The second-order valence-corrected chi connectivity index (χ2v) is 7.26. The first-order valence-electron chi connectivity index (χ1n) is 9.62. The molecule has 158 valence electrons. The minimum atomic E-state index is -0.0919. The molecule has 0 bridgehead atoms. The van der Waals surface area contributed by atoms with E-state index in [-0.39, 0.29) is 12.5 Å². The number of amides is 1. The molecule has 1 amide bonds. The van der Waals surface area contributed by atoms with Crippen molar-refractivity contribution in [2.75, 3.05) is 34.9 Å². The number of furan rings is 1. The Morgan fingerprint density at radius 2 is 1.97 bits per heavy atom. The first-order chi connectivity index (χ1) is 14.5. The van der Waals surface area contributed by atoms with E-state index in [1.807, 2.05) is 37.4 Å². The van der Waals surface area contributed by atoms with Gasteiger partial charge in [0.2, 0.25) is 5.88 Å². The molecule has 0 atom stereocenters. The van der Waals surface area contributed by atoms with Crippen LogP contribution in [-0.4, -0.2) is 55.6 Å². The summed E-state index contributed by atoms with van der Waals surface area (Å²) in [6.45, 7) is 1.35. The summed E-state index contributed by atoms with van der Waals surface area (Å²) in [5.74, 6) is 1.15. The molecule has 0 aliphatic rings. The lowest BCUT2D eigenvalue weighted by molar-refractivity contribution is -0.130. The van der Waals surface area contributed by atoms with Crippen LogP contribution in [0, 0.1) is 0 Å². The SMILES string of the molecule is COc1ncccc1-c1ccc(OCC(=O)N(C)C)c(CN(C)Cc2ccoc2)c1. The summed E-state index contributed by atoms with van der Waals surface area (Å²) < 4.78 is 16.4. The number of carbonyl (C=O) groups is 1. The fraction of sp³-hybridized carbons (Fsp3) is 0.304. The third-order valence-corrected chi connectivity index (χ3v) is 4.66. The minimum absolute atomic E-state index is 0.0129. The zero-order chi connectivity index (χ0) is 21.5. The normalized spacial score (nSPS) is 10.8. The van der Waals surface area contributed by atoms with Gasteiger partial charge < -0.3 is 18.8 Å². The number of nitrogens with zero attached hydrogens (tertiary/aromatic N) is 3. The van der Waals surface area contributed by atoms with Gasteiger partial charge >= 0.3 is 0 Å². The Kier molecular flexibility index (Phi) is 7.08. The fourth-order valence-corrected chi connectivity index (χ4v) is 3.09. The van der Waals surface area contributed by atoms with E-state index in [2.05, 4.69) is 16.0 Å². The second-order valence-electron chi connectivity index (χ2n) is 7.26. The van der Waals surface area contributed by atoms with Crippen LogP contribution in [0.1, 0.15) is 11.1 Å². The van der Waals surface area contributed by atoms with Crippen molar-refractivity contribution < 1.29 is 18.7 Å². The molecule has 3 aromatic rings. The average Bonchev–Trinajstić information content (AvgIpc) is 3.25. The van der Waals surface area contributed by atoms with Crippen LogP contribution in [0.4, 0.5) is 0 Å². The van der Waals surface area contributed by atoms with Gasteiger partial charge in [0, 0.05) is 50.1 Å². The maximum absolute atomic E-state index is 12.0. The molecule has 0 saturated carbocycles. The van der Waals surface area contributed by atoms with Crippen molar-refractivity contribution in [2.45, 2.75) is 13.1 Å².